The molecular weight excluding hydrogens is 597 g/mol. The molecule has 1 fully saturated rings. The first-order chi connectivity index (χ1) is 21.1. The molecule has 248 valence electrons. The summed E-state index contributed by atoms with van der Waals surface area (Å²) in [5.74, 6) is -0.852. The number of benzene rings is 2. The average molecular weight is 646 g/mol. The molecule has 1 unspecified atom stereocenters. The number of carbonyl (C=O) groups is 3. The van der Waals surface area contributed by atoms with Gasteiger partial charge in [-0.1, -0.05) is 58.4 Å². The molecule has 0 saturated heterocycles. The Bertz CT molecular complexity index is 1360. The van der Waals surface area contributed by atoms with Crippen LogP contribution in [-0.2, 0) is 28.2 Å². The molecule has 0 radical (unpaired) electrons. The van der Waals surface area contributed by atoms with Crippen molar-refractivity contribution in [3.63, 3.8) is 0 Å². The lowest BCUT2D eigenvalue weighted by Crippen LogP contribution is -2.32. The monoisotopic (exact) mass is 645 g/mol. The van der Waals surface area contributed by atoms with Crippen LogP contribution in [0.25, 0.3) is 0 Å². The summed E-state index contributed by atoms with van der Waals surface area (Å²) in [4.78, 5) is 50.0. The molecule has 0 aromatic heterocycles. The Labute approximate surface area is 266 Å². The average Bonchev–Trinajstić information content (AvgIpc) is 3.71. The summed E-state index contributed by atoms with van der Waals surface area (Å²) in [5.41, 5.74) is 2.68. The number of carbonyl (C=O) groups excluding carboxylic acids is 3. The van der Waals surface area contributed by atoms with Crippen molar-refractivity contribution < 1.29 is 37.8 Å². The highest BCUT2D eigenvalue weighted by Crippen LogP contribution is 2.53. The number of nitrogens with zero attached hydrogens (tertiary/aromatic N) is 1. The number of amides is 2. The number of aryl methyl sites for hydroxylation is 1. The van der Waals surface area contributed by atoms with Gasteiger partial charge in [-0.2, -0.15) is 0 Å². The van der Waals surface area contributed by atoms with E-state index in [2.05, 4.69) is 43.2 Å². The lowest BCUT2D eigenvalue weighted by molar-refractivity contribution is -0.174. The summed E-state index contributed by atoms with van der Waals surface area (Å²) in [6.45, 7) is 14.5. The van der Waals surface area contributed by atoms with Crippen molar-refractivity contribution in [2.24, 2.45) is 11.8 Å². The molecule has 1 saturated carbocycles. The number of nitrogens with one attached hydrogen (secondary N) is 2. The molecule has 0 bridgehead atoms. The van der Waals surface area contributed by atoms with Crippen molar-refractivity contribution in [3.05, 3.63) is 53.6 Å². The molecule has 45 heavy (non-hydrogen) atoms. The van der Waals surface area contributed by atoms with E-state index in [0.717, 1.165) is 36.6 Å². The SMILES string of the molecule is CC[C@@H](CC(=O)OCOC(=O)C1(OP(C)(=O)O)CC1)c1ccc(N(CC(C)C)CC(C)C)c(NC(=O)Nc2ccc(C)cc2)c1. The Morgan fingerprint density at radius 2 is 1.60 bits per heavy atom. The van der Waals surface area contributed by atoms with Gasteiger partial charge >= 0.3 is 25.6 Å². The number of esters is 2. The molecule has 12 heteroatoms. The molecule has 2 atom stereocenters. The number of ether oxygens (including phenoxy) is 2. The van der Waals surface area contributed by atoms with Crippen molar-refractivity contribution in [3.8, 4) is 0 Å². The zero-order valence-electron chi connectivity index (χ0n) is 27.4. The van der Waals surface area contributed by atoms with Gasteiger partial charge in [0.2, 0.25) is 6.79 Å². The number of hydrogen-bond acceptors (Lipinski definition) is 8. The number of anilines is 3. The van der Waals surface area contributed by atoms with Crippen molar-refractivity contribution in [2.45, 2.75) is 78.7 Å². The second-order valence-corrected chi connectivity index (χ2v) is 14.5. The maximum atomic E-state index is 13.1. The van der Waals surface area contributed by atoms with Gasteiger partial charge in [0.1, 0.15) is 0 Å². The van der Waals surface area contributed by atoms with Crippen LogP contribution in [-0.4, -0.2) is 55.0 Å². The van der Waals surface area contributed by atoms with E-state index in [1.54, 1.807) is 0 Å². The van der Waals surface area contributed by atoms with Gasteiger partial charge in [0.05, 0.1) is 17.8 Å². The van der Waals surface area contributed by atoms with E-state index in [4.69, 9.17) is 14.0 Å². The van der Waals surface area contributed by atoms with E-state index in [0.29, 0.717) is 29.6 Å². The second kappa shape index (κ2) is 15.7. The fourth-order valence-corrected chi connectivity index (χ4v) is 5.97. The van der Waals surface area contributed by atoms with Crippen molar-refractivity contribution in [2.75, 3.05) is 42.1 Å². The Balaban J connectivity index is 1.75. The van der Waals surface area contributed by atoms with Crippen LogP contribution in [0.15, 0.2) is 42.5 Å². The van der Waals surface area contributed by atoms with Gasteiger partial charge in [0.25, 0.3) is 0 Å². The molecule has 1 aliphatic rings. The maximum absolute atomic E-state index is 13.1. The number of rotatable bonds is 16. The predicted octanol–water partition coefficient (Wildman–Crippen LogP) is 7.05. The Morgan fingerprint density at radius 3 is 2.13 bits per heavy atom. The minimum Gasteiger partial charge on any atom is -0.428 e. The van der Waals surface area contributed by atoms with Gasteiger partial charge in [-0.3, -0.25) is 13.9 Å². The van der Waals surface area contributed by atoms with Crippen LogP contribution in [0.1, 0.15) is 77.3 Å². The van der Waals surface area contributed by atoms with Crippen molar-refractivity contribution in [1.82, 2.24) is 0 Å². The van der Waals surface area contributed by atoms with Gasteiger partial charge in [0.15, 0.2) is 5.60 Å². The Hall–Kier alpha value is -3.40. The third-order valence-electron chi connectivity index (χ3n) is 7.30. The molecule has 2 amide bonds. The van der Waals surface area contributed by atoms with E-state index in [1.807, 2.05) is 56.3 Å². The summed E-state index contributed by atoms with van der Waals surface area (Å²) in [6, 6.07) is 13.0. The minimum atomic E-state index is -3.89. The van der Waals surface area contributed by atoms with Crippen LogP contribution >= 0.6 is 7.60 Å². The Morgan fingerprint density at radius 1 is 0.978 bits per heavy atom. The van der Waals surface area contributed by atoms with Crippen LogP contribution in [0.3, 0.4) is 0 Å². The molecule has 0 aliphatic heterocycles. The van der Waals surface area contributed by atoms with Crippen LogP contribution in [0, 0.1) is 18.8 Å². The van der Waals surface area contributed by atoms with Gasteiger partial charge in [-0.15, -0.1) is 0 Å². The zero-order valence-corrected chi connectivity index (χ0v) is 28.3. The van der Waals surface area contributed by atoms with E-state index in [1.165, 1.54) is 0 Å². The molecule has 11 nitrogen and oxygen atoms in total. The standard InChI is InChI=1S/C33H48N3O8P/c1-8-25(18-30(37)42-21-43-31(38)33(15-16-33)44-45(7,40)41)26-11-14-29(36(19-22(2)3)20-23(4)5)28(17-26)35-32(39)34-27-12-9-24(6)10-13-27/h9-14,17,22-23,25H,8,15-16,18-21H2,1-7H3,(H,40,41)(H2,34,35,39)/t25-/m0/s1. The zero-order chi connectivity index (χ0) is 33.4. The molecule has 2 aromatic rings. The molecular formula is C33H48N3O8P. The first-order valence-electron chi connectivity index (χ1n) is 15.5. The third kappa shape index (κ3) is 11.5. The number of hydrogen-bond donors (Lipinski definition) is 3. The van der Waals surface area contributed by atoms with E-state index in [9.17, 15) is 23.8 Å². The summed E-state index contributed by atoms with van der Waals surface area (Å²) in [6.07, 6.45) is 1.16. The summed E-state index contributed by atoms with van der Waals surface area (Å²) in [5, 5.41) is 5.94. The highest BCUT2D eigenvalue weighted by atomic mass is 31.2. The molecule has 0 heterocycles. The summed E-state index contributed by atoms with van der Waals surface area (Å²) < 4.78 is 26.8. The van der Waals surface area contributed by atoms with Gasteiger partial charge in [0, 0.05) is 25.4 Å². The Kier molecular flexibility index (Phi) is 12.6. The van der Waals surface area contributed by atoms with Crippen molar-refractivity contribution >= 4 is 42.6 Å². The first kappa shape index (κ1) is 36.1. The van der Waals surface area contributed by atoms with E-state index >= 15 is 0 Å². The molecule has 2 aromatic carbocycles. The predicted molar refractivity (Wildman–Crippen MR) is 176 cm³/mol. The highest BCUT2D eigenvalue weighted by molar-refractivity contribution is 7.52. The van der Waals surface area contributed by atoms with Gasteiger partial charge in [-0.05, 0) is 73.8 Å². The second-order valence-electron chi connectivity index (χ2n) is 12.7. The first-order valence-corrected chi connectivity index (χ1v) is 17.5. The quantitative estimate of drug-likeness (QED) is 0.0994. The molecule has 0 spiro atoms. The fraction of sp³-hybridized carbons (Fsp3) is 0.545. The van der Waals surface area contributed by atoms with Crippen molar-refractivity contribution in [1.29, 1.82) is 0 Å². The largest absolute Gasteiger partial charge is 0.428 e. The lowest BCUT2D eigenvalue weighted by Gasteiger charge is -2.31. The van der Waals surface area contributed by atoms with Crippen LogP contribution in [0.2, 0.25) is 0 Å². The highest BCUT2D eigenvalue weighted by Gasteiger charge is 2.56. The third-order valence-corrected chi connectivity index (χ3v) is 7.99. The van der Waals surface area contributed by atoms with E-state index < -0.39 is 31.9 Å². The lowest BCUT2D eigenvalue weighted by atomic mass is 9.92. The maximum Gasteiger partial charge on any atom is 0.341 e. The molecule has 3 N–H and O–H groups in total. The summed E-state index contributed by atoms with van der Waals surface area (Å²) in [7, 11) is -3.89. The topological polar surface area (TPSA) is 144 Å². The van der Waals surface area contributed by atoms with Crippen LogP contribution in [0.4, 0.5) is 21.9 Å². The molecule has 3 rings (SSSR count). The normalized spacial score (nSPS) is 15.6. The summed E-state index contributed by atoms with van der Waals surface area (Å²) >= 11 is 0. The van der Waals surface area contributed by atoms with Gasteiger partial charge in [-0.25, -0.2) is 9.59 Å². The molecule has 1 aliphatic carbocycles. The van der Waals surface area contributed by atoms with Crippen LogP contribution in [0.5, 0.6) is 0 Å². The van der Waals surface area contributed by atoms with E-state index in [-0.39, 0.29) is 31.2 Å². The van der Waals surface area contributed by atoms with Crippen LogP contribution < -0.4 is 15.5 Å². The number of urea groups is 1. The minimum absolute atomic E-state index is 0.0204. The fourth-order valence-electron chi connectivity index (χ4n) is 5.07. The smallest absolute Gasteiger partial charge is 0.341 e. The van der Waals surface area contributed by atoms with Gasteiger partial charge < -0.3 is 29.9 Å².